The van der Waals surface area contributed by atoms with Crippen molar-refractivity contribution in [3.8, 4) is 0 Å². The van der Waals surface area contributed by atoms with Crippen LogP contribution in [-0.4, -0.2) is 60.1 Å². The van der Waals surface area contributed by atoms with Crippen LogP contribution in [0.5, 0.6) is 0 Å². The third-order valence-corrected chi connectivity index (χ3v) is 4.56. The van der Waals surface area contributed by atoms with Crippen molar-refractivity contribution in [1.29, 1.82) is 0 Å². The highest BCUT2D eigenvalue weighted by Crippen LogP contribution is 2.23. The molecule has 0 heterocycles. The van der Waals surface area contributed by atoms with Gasteiger partial charge in [0, 0.05) is 13.1 Å². The summed E-state index contributed by atoms with van der Waals surface area (Å²) >= 11 is 0. The number of amides is 3. The van der Waals surface area contributed by atoms with Crippen LogP contribution in [0, 0.1) is 6.92 Å². The van der Waals surface area contributed by atoms with Gasteiger partial charge in [-0.25, -0.2) is 4.79 Å². The molecule has 0 aliphatic carbocycles. The number of hydrogen-bond acceptors (Lipinski definition) is 6. The number of nitrogens with zero attached hydrogens (tertiary/aromatic N) is 1. The fraction of sp³-hybridized carbons (Fsp3) is 0.520. The zero-order valence-electron chi connectivity index (χ0n) is 21.0. The molecule has 0 aromatic heterocycles. The molecule has 0 saturated carbocycles. The maximum atomic E-state index is 13.4. The number of esters is 1. The van der Waals surface area contributed by atoms with Crippen molar-refractivity contribution >= 4 is 23.9 Å². The van der Waals surface area contributed by atoms with Crippen LogP contribution in [0.15, 0.2) is 36.9 Å². The molecule has 0 bridgehead atoms. The monoisotopic (exact) mass is 475 g/mol. The second-order valence-electron chi connectivity index (χ2n) is 8.81. The summed E-state index contributed by atoms with van der Waals surface area (Å²) in [5.41, 5.74) is 0.775. The molecular formula is C25H37N3O6. The molecule has 2 atom stereocenters. The number of aryl methyl sites for hydroxylation is 1. The van der Waals surface area contributed by atoms with Crippen molar-refractivity contribution in [2.45, 2.75) is 65.6 Å². The largest absolute Gasteiger partial charge is 0.466 e. The van der Waals surface area contributed by atoms with Crippen LogP contribution in [0.1, 0.15) is 58.2 Å². The first-order valence-electron chi connectivity index (χ1n) is 11.3. The maximum absolute atomic E-state index is 13.4. The van der Waals surface area contributed by atoms with E-state index in [0.717, 1.165) is 5.56 Å². The molecule has 1 aromatic rings. The molecule has 3 amide bonds. The Labute approximate surface area is 201 Å². The zero-order valence-corrected chi connectivity index (χ0v) is 21.0. The Hall–Kier alpha value is -3.36. The molecule has 0 saturated heterocycles. The van der Waals surface area contributed by atoms with Gasteiger partial charge in [-0.05, 0) is 47.1 Å². The van der Waals surface area contributed by atoms with E-state index in [0.29, 0.717) is 5.56 Å². The van der Waals surface area contributed by atoms with E-state index in [1.807, 2.05) is 19.1 Å². The molecule has 0 spiro atoms. The van der Waals surface area contributed by atoms with Crippen LogP contribution in [0.2, 0.25) is 0 Å². The summed E-state index contributed by atoms with van der Waals surface area (Å²) in [4.78, 5) is 51.8. The predicted molar refractivity (Wildman–Crippen MR) is 129 cm³/mol. The van der Waals surface area contributed by atoms with Crippen molar-refractivity contribution in [2.75, 3.05) is 19.7 Å². The number of hydrogen-bond donors (Lipinski definition) is 2. The maximum Gasteiger partial charge on any atom is 0.408 e. The lowest BCUT2D eigenvalue weighted by Gasteiger charge is -2.33. The van der Waals surface area contributed by atoms with E-state index in [2.05, 4.69) is 17.2 Å². The average molecular weight is 476 g/mol. The van der Waals surface area contributed by atoms with Crippen molar-refractivity contribution < 1.29 is 28.7 Å². The summed E-state index contributed by atoms with van der Waals surface area (Å²) in [5.74, 6) is -1.38. The van der Waals surface area contributed by atoms with E-state index in [1.165, 1.54) is 17.9 Å². The third-order valence-electron chi connectivity index (χ3n) is 4.56. The Balaban J connectivity index is 3.16. The smallest absolute Gasteiger partial charge is 0.408 e. The summed E-state index contributed by atoms with van der Waals surface area (Å²) < 4.78 is 10.1. The van der Waals surface area contributed by atoms with E-state index in [4.69, 9.17) is 9.47 Å². The minimum absolute atomic E-state index is 0.00608. The summed E-state index contributed by atoms with van der Waals surface area (Å²) in [6.07, 6.45) is 0.775. The molecule has 0 aliphatic rings. The van der Waals surface area contributed by atoms with Gasteiger partial charge in [0.25, 0.3) is 0 Å². The third kappa shape index (κ3) is 9.64. The van der Waals surface area contributed by atoms with Gasteiger partial charge in [-0.1, -0.05) is 35.9 Å². The Morgan fingerprint density at radius 1 is 1.21 bits per heavy atom. The zero-order chi connectivity index (χ0) is 25.9. The van der Waals surface area contributed by atoms with Gasteiger partial charge in [0.2, 0.25) is 11.8 Å². The minimum atomic E-state index is -1.00. The molecule has 9 heteroatoms. The number of alkyl carbamates (subject to hydrolysis) is 1. The van der Waals surface area contributed by atoms with Crippen LogP contribution in [0.3, 0.4) is 0 Å². The SMILES string of the molecule is C=CCN(C(=O)C(C)NC(=O)OC(C)(C)C)C(C(=O)NCCC(=O)OCC)c1cccc(C)c1. The highest BCUT2D eigenvalue weighted by molar-refractivity contribution is 5.92. The summed E-state index contributed by atoms with van der Waals surface area (Å²) in [7, 11) is 0. The number of benzene rings is 1. The number of carbonyl (C=O) groups excluding carboxylic acids is 4. The van der Waals surface area contributed by atoms with Crippen molar-refractivity contribution in [1.82, 2.24) is 15.5 Å². The Kier molecular flexibility index (Phi) is 11.3. The van der Waals surface area contributed by atoms with Crippen LogP contribution >= 0.6 is 0 Å². The van der Waals surface area contributed by atoms with Gasteiger partial charge in [0.15, 0.2) is 0 Å². The molecule has 34 heavy (non-hydrogen) atoms. The lowest BCUT2D eigenvalue weighted by Crippen LogP contribution is -2.52. The number of ether oxygens (including phenoxy) is 2. The molecule has 188 valence electrons. The second-order valence-corrected chi connectivity index (χ2v) is 8.81. The van der Waals surface area contributed by atoms with Gasteiger partial charge in [-0.3, -0.25) is 14.4 Å². The van der Waals surface area contributed by atoms with E-state index < -0.39 is 41.6 Å². The van der Waals surface area contributed by atoms with Crippen LogP contribution < -0.4 is 10.6 Å². The van der Waals surface area contributed by atoms with Crippen molar-refractivity contribution in [2.24, 2.45) is 0 Å². The summed E-state index contributed by atoms with van der Waals surface area (Å²) in [5, 5.41) is 5.24. The summed E-state index contributed by atoms with van der Waals surface area (Å²) in [6, 6.07) is 5.27. The van der Waals surface area contributed by atoms with E-state index in [9.17, 15) is 19.2 Å². The Morgan fingerprint density at radius 2 is 1.88 bits per heavy atom. The lowest BCUT2D eigenvalue weighted by atomic mass is 10.0. The first kappa shape index (κ1) is 28.7. The number of rotatable bonds is 11. The van der Waals surface area contributed by atoms with Gasteiger partial charge >= 0.3 is 12.1 Å². The van der Waals surface area contributed by atoms with Gasteiger partial charge in [0.05, 0.1) is 13.0 Å². The lowest BCUT2D eigenvalue weighted by molar-refractivity contribution is -0.144. The topological polar surface area (TPSA) is 114 Å². The molecule has 0 fully saturated rings. The standard InChI is InChI=1S/C25H37N3O6/c1-8-15-28(23(31)18(4)27-24(32)34-25(5,6)7)21(19-12-10-11-17(3)16-19)22(30)26-14-13-20(29)33-9-2/h8,10-12,16,18,21H,1,9,13-15H2,2-7H3,(H,26,30)(H,27,32). The number of nitrogens with one attached hydrogen (secondary N) is 2. The fourth-order valence-corrected chi connectivity index (χ4v) is 3.19. The van der Waals surface area contributed by atoms with E-state index in [1.54, 1.807) is 39.8 Å². The first-order valence-corrected chi connectivity index (χ1v) is 11.3. The predicted octanol–water partition coefficient (Wildman–Crippen LogP) is 3.03. The fourth-order valence-electron chi connectivity index (χ4n) is 3.19. The molecule has 2 N–H and O–H groups in total. The van der Waals surface area contributed by atoms with Crippen LogP contribution in [0.25, 0.3) is 0 Å². The minimum Gasteiger partial charge on any atom is -0.466 e. The second kappa shape index (κ2) is 13.4. The van der Waals surface area contributed by atoms with Crippen LogP contribution in [-0.2, 0) is 23.9 Å². The van der Waals surface area contributed by atoms with Gasteiger partial charge in [-0.15, -0.1) is 6.58 Å². The highest BCUT2D eigenvalue weighted by Gasteiger charge is 2.34. The molecule has 9 nitrogen and oxygen atoms in total. The quantitative estimate of drug-likeness (QED) is 0.376. The molecule has 0 aliphatic heterocycles. The Morgan fingerprint density at radius 3 is 2.44 bits per heavy atom. The molecule has 0 radical (unpaired) electrons. The molecule has 1 aromatic carbocycles. The average Bonchev–Trinajstić information content (AvgIpc) is 2.71. The van der Waals surface area contributed by atoms with Gasteiger partial charge < -0.3 is 25.0 Å². The normalized spacial score (nSPS) is 12.6. The van der Waals surface area contributed by atoms with E-state index >= 15 is 0 Å². The van der Waals surface area contributed by atoms with Crippen molar-refractivity contribution in [3.63, 3.8) is 0 Å². The van der Waals surface area contributed by atoms with Crippen LogP contribution in [0.4, 0.5) is 4.79 Å². The molecule has 1 rings (SSSR count). The van der Waals surface area contributed by atoms with Gasteiger partial charge in [0.1, 0.15) is 17.7 Å². The number of carbonyl (C=O) groups is 4. The van der Waals surface area contributed by atoms with Gasteiger partial charge in [-0.2, -0.15) is 0 Å². The highest BCUT2D eigenvalue weighted by atomic mass is 16.6. The Bertz CT molecular complexity index is 878. The summed E-state index contributed by atoms with van der Waals surface area (Å²) in [6.45, 7) is 14.3. The molecular weight excluding hydrogens is 438 g/mol. The molecule has 2 unspecified atom stereocenters. The van der Waals surface area contributed by atoms with E-state index in [-0.39, 0.29) is 26.1 Å². The first-order chi connectivity index (χ1) is 15.9. The van der Waals surface area contributed by atoms with Crippen molar-refractivity contribution in [3.05, 3.63) is 48.0 Å².